The number of rotatable bonds is 6. The highest BCUT2D eigenvalue weighted by molar-refractivity contribution is 5.16. The first-order valence-corrected chi connectivity index (χ1v) is 12.4. The summed E-state index contributed by atoms with van der Waals surface area (Å²) in [6.07, 6.45) is 0. The van der Waals surface area contributed by atoms with Gasteiger partial charge in [0.2, 0.25) is 0 Å². The molecule has 35 heavy (non-hydrogen) atoms. The van der Waals surface area contributed by atoms with Crippen LogP contribution in [0.2, 0.25) is 0 Å². The number of hydrogen-bond donors (Lipinski definition) is 1. The molecule has 0 bridgehead atoms. The Labute approximate surface area is 226 Å². The van der Waals surface area contributed by atoms with E-state index in [2.05, 4.69) is 46.0 Å². The number of nitrogens with one attached hydrogen (secondary N) is 1. The molecule has 0 unspecified atom stereocenters. The van der Waals surface area contributed by atoms with Gasteiger partial charge in [0.05, 0.1) is 13.7 Å². The first-order valence-electron chi connectivity index (χ1n) is 17.4. The van der Waals surface area contributed by atoms with Crippen molar-refractivity contribution >= 4 is 0 Å². The molecule has 4 rings (SSSR count). The average Bonchev–Trinajstić information content (AvgIpc) is 3.01. The molecule has 186 valence electrons. The van der Waals surface area contributed by atoms with Crippen LogP contribution < -0.4 is 5.32 Å². The zero-order valence-corrected chi connectivity index (χ0v) is 20.7. The summed E-state index contributed by atoms with van der Waals surface area (Å²) in [6.45, 7) is 8.87. The highest BCUT2D eigenvalue weighted by atomic mass is 15.2. The summed E-state index contributed by atoms with van der Waals surface area (Å²) < 4.78 is 82.3. The SMILES string of the molecule is [2H]c1c([2H])c([2H])c(CN2CCN(Cc3ccccc3)CCN(Cc3c([2H])c([2H])c([2H])c([2H])c3[2H])C[C@H](C)N[C@H](C)C2)c([2H])c1[2H]. The van der Waals surface area contributed by atoms with Gasteiger partial charge >= 0.3 is 0 Å². The lowest BCUT2D eigenvalue weighted by atomic mass is 10.1. The van der Waals surface area contributed by atoms with Gasteiger partial charge in [0.1, 0.15) is 0 Å². The zero-order chi connectivity index (χ0) is 33.0. The molecule has 4 heteroatoms. The van der Waals surface area contributed by atoms with Gasteiger partial charge in [-0.3, -0.25) is 14.7 Å². The van der Waals surface area contributed by atoms with Gasteiger partial charge in [-0.1, -0.05) is 90.8 Å². The van der Waals surface area contributed by atoms with E-state index in [-0.39, 0.29) is 84.6 Å². The molecule has 4 nitrogen and oxygen atoms in total. The Morgan fingerprint density at radius 2 is 1.06 bits per heavy atom. The smallest absolute Gasteiger partial charge is 0.0626 e. The molecule has 0 aliphatic carbocycles. The third kappa shape index (κ3) is 8.90. The van der Waals surface area contributed by atoms with E-state index < -0.39 is 12.1 Å². The molecule has 3 aromatic carbocycles. The van der Waals surface area contributed by atoms with E-state index in [0.29, 0.717) is 45.8 Å². The first kappa shape index (κ1) is 15.6. The Kier molecular flexibility index (Phi) is 6.03. The van der Waals surface area contributed by atoms with Gasteiger partial charge < -0.3 is 5.32 Å². The fourth-order valence-electron chi connectivity index (χ4n) is 4.67. The van der Waals surface area contributed by atoms with Gasteiger partial charge in [-0.15, -0.1) is 0 Å². The highest BCUT2D eigenvalue weighted by Crippen LogP contribution is 2.12. The Morgan fingerprint density at radius 1 is 0.629 bits per heavy atom. The molecule has 1 saturated heterocycles. The topological polar surface area (TPSA) is 21.8 Å². The van der Waals surface area contributed by atoms with Crippen LogP contribution in [0.4, 0.5) is 0 Å². The monoisotopic (exact) mass is 480 g/mol. The largest absolute Gasteiger partial charge is 0.309 e. The molecule has 1 N–H and O–H groups in total. The summed E-state index contributed by atoms with van der Waals surface area (Å²) in [5, 5.41) is 3.61. The molecule has 0 amide bonds. The summed E-state index contributed by atoms with van der Waals surface area (Å²) in [5.41, 5.74) is 1.71. The Bertz CT molecular complexity index is 1340. The molecule has 1 aliphatic heterocycles. The Balaban J connectivity index is 1.62. The van der Waals surface area contributed by atoms with Crippen LogP contribution in [0.1, 0.15) is 44.2 Å². The molecular weight excluding hydrogens is 428 g/mol. The van der Waals surface area contributed by atoms with Crippen molar-refractivity contribution in [2.45, 2.75) is 45.6 Å². The Hall–Kier alpha value is -2.50. The summed E-state index contributed by atoms with van der Waals surface area (Å²) in [6, 6.07) is 7.28. The second-order valence-corrected chi connectivity index (χ2v) is 9.41. The van der Waals surface area contributed by atoms with Crippen LogP contribution in [0.25, 0.3) is 0 Å². The minimum absolute atomic E-state index is 0.00521. The minimum atomic E-state index is -0.395. The third-order valence-electron chi connectivity index (χ3n) is 6.21. The van der Waals surface area contributed by atoms with E-state index >= 15 is 0 Å². The lowest BCUT2D eigenvalue weighted by Crippen LogP contribution is -2.50. The minimum Gasteiger partial charge on any atom is -0.309 e. The van der Waals surface area contributed by atoms with E-state index in [1.54, 1.807) is 0 Å². The third-order valence-corrected chi connectivity index (χ3v) is 6.21. The first-order chi connectivity index (χ1) is 21.3. The molecular formula is C31H42N4. The highest BCUT2D eigenvalue weighted by Gasteiger charge is 2.19. The van der Waals surface area contributed by atoms with E-state index in [4.69, 9.17) is 13.7 Å². The molecule has 2 atom stereocenters. The maximum Gasteiger partial charge on any atom is 0.0626 e. The fraction of sp³-hybridized carbons (Fsp3) is 0.419. The quantitative estimate of drug-likeness (QED) is 0.543. The molecule has 1 fully saturated rings. The van der Waals surface area contributed by atoms with Crippen LogP contribution in [0.5, 0.6) is 0 Å². The maximum atomic E-state index is 8.46. The van der Waals surface area contributed by atoms with Crippen molar-refractivity contribution in [3.63, 3.8) is 0 Å². The van der Waals surface area contributed by atoms with Crippen LogP contribution in [0.3, 0.4) is 0 Å². The van der Waals surface area contributed by atoms with E-state index in [0.717, 1.165) is 5.56 Å². The summed E-state index contributed by atoms with van der Waals surface area (Å²) in [4.78, 5) is 6.59. The summed E-state index contributed by atoms with van der Waals surface area (Å²) in [7, 11) is 0. The van der Waals surface area contributed by atoms with Gasteiger partial charge in [-0.2, -0.15) is 0 Å². The van der Waals surface area contributed by atoms with Gasteiger partial charge in [0, 0.05) is 71.0 Å². The lowest BCUT2D eigenvalue weighted by Gasteiger charge is -2.35. The number of nitrogens with zero attached hydrogens (tertiary/aromatic N) is 3. The van der Waals surface area contributed by atoms with Crippen LogP contribution in [0, 0.1) is 0 Å². The molecule has 0 saturated carbocycles. The number of hydrogen-bond acceptors (Lipinski definition) is 4. The summed E-state index contributed by atoms with van der Waals surface area (Å²) >= 11 is 0. The second kappa shape index (κ2) is 13.6. The van der Waals surface area contributed by atoms with Gasteiger partial charge in [-0.05, 0) is 30.5 Å². The van der Waals surface area contributed by atoms with Crippen molar-refractivity contribution in [1.29, 1.82) is 0 Å². The summed E-state index contributed by atoms with van der Waals surface area (Å²) in [5.74, 6) is 0. The average molecular weight is 481 g/mol. The van der Waals surface area contributed by atoms with E-state index in [9.17, 15) is 0 Å². The molecule has 0 radical (unpaired) electrons. The van der Waals surface area contributed by atoms with Gasteiger partial charge in [0.15, 0.2) is 0 Å². The molecule has 0 spiro atoms. The number of benzene rings is 3. The van der Waals surface area contributed by atoms with Gasteiger partial charge in [-0.25, -0.2) is 0 Å². The van der Waals surface area contributed by atoms with Crippen LogP contribution >= 0.6 is 0 Å². The molecule has 1 aliphatic rings. The van der Waals surface area contributed by atoms with Crippen LogP contribution in [-0.4, -0.2) is 66.1 Å². The van der Waals surface area contributed by atoms with Crippen LogP contribution in [-0.2, 0) is 19.6 Å². The normalized spacial score (nSPS) is 25.8. The molecule has 3 aromatic rings. The van der Waals surface area contributed by atoms with Crippen molar-refractivity contribution in [2.24, 2.45) is 0 Å². The van der Waals surface area contributed by atoms with Crippen molar-refractivity contribution in [2.75, 3.05) is 39.3 Å². The Morgan fingerprint density at radius 3 is 1.54 bits per heavy atom. The molecule has 0 aromatic heterocycles. The van der Waals surface area contributed by atoms with Crippen LogP contribution in [0.15, 0.2) is 90.8 Å². The van der Waals surface area contributed by atoms with E-state index in [1.165, 1.54) is 0 Å². The van der Waals surface area contributed by atoms with Crippen molar-refractivity contribution in [3.05, 3.63) is 107 Å². The van der Waals surface area contributed by atoms with Crippen molar-refractivity contribution < 1.29 is 13.7 Å². The zero-order valence-electron chi connectivity index (χ0n) is 30.7. The maximum absolute atomic E-state index is 8.46. The van der Waals surface area contributed by atoms with E-state index in [1.807, 2.05) is 18.2 Å². The van der Waals surface area contributed by atoms with Gasteiger partial charge in [0.25, 0.3) is 0 Å². The standard InChI is InChI=1S/C31H42N4/c1-27-22-34(25-30-14-8-4-9-15-30)20-18-33(24-29-12-6-3-7-13-29)19-21-35(23-28(2)32-27)26-31-16-10-5-11-17-31/h3-17,27-28,32H,18-26H2,1-2H3/t27-,28+/i4D,5D,8D,9D,10D,11D,14D,15D,16D,17D. The molecule has 1 heterocycles. The fourth-order valence-corrected chi connectivity index (χ4v) is 4.67. The lowest BCUT2D eigenvalue weighted by molar-refractivity contribution is 0.139. The van der Waals surface area contributed by atoms with Crippen molar-refractivity contribution in [3.8, 4) is 0 Å². The predicted molar refractivity (Wildman–Crippen MR) is 147 cm³/mol. The van der Waals surface area contributed by atoms with Crippen molar-refractivity contribution in [1.82, 2.24) is 20.0 Å². The predicted octanol–water partition coefficient (Wildman–Crippen LogP) is 4.87. The second-order valence-electron chi connectivity index (χ2n) is 9.41.